The Kier molecular flexibility index (Phi) is 4.09. The second-order valence-electron chi connectivity index (χ2n) is 5.01. The van der Waals surface area contributed by atoms with Gasteiger partial charge in [0.1, 0.15) is 13.2 Å². The van der Waals surface area contributed by atoms with Crippen LogP contribution in [0.25, 0.3) is 0 Å². The quantitative estimate of drug-likeness (QED) is 0.946. The third-order valence-corrected chi connectivity index (χ3v) is 3.29. The number of hydrogen-bond acceptors (Lipinski definition) is 4. The molecule has 6 nitrogen and oxygen atoms in total. The molecule has 1 aromatic carbocycles. The van der Waals surface area contributed by atoms with Gasteiger partial charge >= 0.3 is 6.03 Å². The predicted molar refractivity (Wildman–Crippen MR) is 82.2 cm³/mol. The van der Waals surface area contributed by atoms with Crippen LogP contribution >= 0.6 is 0 Å². The maximum Gasteiger partial charge on any atom is 0.321 e. The van der Waals surface area contributed by atoms with Gasteiger partial charge in [-0.15, -0.1) is 0 Å². The van der Waals surface area contributed by atoms with Crippen molar-refractivity contribution in [2.45, 2.75) is 6.54 Å². The molecule has 0 saturated carbocycles. The fourth-order valence-corrected chi connectivity index (χ4v) is 2.19. The van der Waals surface area contributed by atoms with Gasteiger partial charge < -0.3 is 19.7 Å². The van der Waals surface area contributed by atoms with Gasteiger partial charge in [-0.2, -0.15) is 0 Å². The lowest BCUT2D eigenvalue weighted by molar-refractivity contribution is 0.171. The minimum Gasteiger partial charge on any atom is -0.486 e. The number of nitrogens with zero attached hydrogens (tertiary/aromatic N) is 2. The summed E-state index contributed by atoms with van der Waals surface area (Å²) in [7, 11) is 1.74. The lowest BCUT2D eigenvalue weighted by Gasteiger charge is -2.21. The highest BCUT2D eigenvalue weighted by atomic mass is 16.6. The Hall–Kier alpha value is -2.76. The zero-order valence-electron chi connectivity index (χ0n) is 12.3. The van der Waals surface area contributed by atoms with Crippen molar-refractivity contribution in [2.75, 3.05) is 25.6 Å². The van der Waals surface area contributed by atoms with Gasteiger partial charge in [-0.25, -0.2) is 4.79 Å². The number of carbonyl (C=O) groups is 1. The Morgan fingerprint density at radius 2 is 2.09 bits per heavy atom. The maximum absolute atomic E-state index is 12.1. The van der Waals surface area contributed by atoms with E-state index < -0.39 is 0 Å². The van der Waals surface area contributed by atoms with Gasteiger partial charge in [0.15, 0.2) is 11.5 Å². The summed E-state index contributed by atoms with van der Waals surface area (Å²) in [6.07, 6.45) is 3.27. The fraction of sp³-hybridized carbons (Fsp3) is 0.250. The van der Waals surface area contributed by atoms with E-state index in [4.69, 9.17) is 9.47 Å². The molecule has 1 aliphatic heterocycles. The summed E-state index contributed by atoms with van der Waals surface area (Å²) in [6.45, 7) is 1.59. The topological polar surface area (TPSA) is 63.7 Å². The number of urea groups is 1. The number of aromatic nitrogens is 1. The van der Waals surface area contributed by atoms with Gasteiger partial charge in [-0.1, -0.05) is 6.07 Å². The number of carbonyl (C=O) groups excluding carboxylic acids is 1. The minimum absolute atomic E-state index is 0.192. The number of rotatable bonds is 3. The van der Waals surface area contributed by atoms with E-state index in [0.717, 1.165) is 17.1 Å². The van der Waals surface area contributed by atoms with Crippen LogP contribution in [0.1, 0.15) is 5.56 Å². The zero-order chi connectivity index (χ0) is 15.4. The third-order valence-electron chi connectivity index (χ3n) is 3.29. The van der Waals surface area contributed by atoms with Crippen molar-refractivity contribution in [1.29, 1.82) is 0 Å². The van der Waals surface area contributed by atoms with E-state index in [1.807, 2.05) is 18.2 Å². The van der Waals surface area contributed by atoms with Crippen LogP contribution < -0.4 is 14.8 Å². The van der Waals surface area contributed by atoms with E-state index in [9.17, 15) is 4.79 Å². The first-order chi connectivity index (χ1) is 10.7. The standard InChI is InChI=1S/C16H17N3O3/c1-19(16(20)18-13-3-2-6-17-10-13)11-12-4-5-14-15(9-12)22-8-7-21-14/h2-6,9-10H,7-8,11H2,1H3,(H,18,20). The summed E-state index contributed by atoms with van der Waals surface area (Å²) in [5.74, 6) is 1.47. The van der Waals surface area contributed by atoms with Gasteiger partial charge in [-0.3, -0.25) is 4.98 Å². The number of anilines is 1. The van der Waals surface area contributed by atoms with Gasteiger partial charge in [0.05, 0.1) is 11.9 Å². The van der Waals surface area contributed by atoms with E-state index in [2.05, 4.69) is 10.3 Å². The molecule has 0 atom stereocenters. The highest BCUT2D eigenvalue weighted by molar-refractivity contribution is 5.88. The van der Waals surface area contributed by atoms with Crippen molar-refractivity contribution < 1.29 is 14.3 Å². The molecule has 2 aromatic rings. The van der Waals surface area contributed by atoms with Crippen LogP contribution in [0, 0.1) is 0 Å². The minimum atomic E-state index is -0.192. The highest BCUT2D eigenvalue weighted by Gasteiger charge is 2.14. The molecule has 1 N–H and O–H groups in total. The Labute approximate surface area is 128 Å². The highest BCUT2D eigenvalue weighted by Crippen LogP contribution is 2.31. The van der Waals surface area contributed by atoms with Gasteiger partial charge in [0.2, 0.25) is 0 Å². The van der Waals surface area contributed by atoms with Crippen molar-refractivity contribution >= 4 is 11.7 Å². The van der Waals surface area contributed by atoms with Crippen LogP contribution in [0.5, 0.6) is 11.5 Å². The molecule has 114 valence electrons. The van der Waals surface area contributed by atoms with Crippen molar-refractivity contribution in [3.8, 4) is 11.5 Å². The van der Waals surface area contributed by atoms with Gasteiger partial charge in [0, 0.05) is 19.8 Å². The molecular weight excluding hydrogens is 282 g/mol. The van der Waals surface area contributed by atoms with Gasteiger partial charge in [0.25, 0.3) is 0 Å². The first kappa shape index (κ1) is 14.2. The Bertz CT molecular complexity index is 661. The molecule has 2 heterocycles. The first-order valence-electron chi connectivity index (χ1n) is 7.03. The van der Waals surface area contributed by atoms with Gasteiger partial charge in [-0.05, 0) is 29.8 Å². The predicted octanol–water partition coefficient (Wildman–Crippen LogP) is 2.52. The fourth-order valence-electron chi connectivity index (χ4n) is 2.19. The van der Waals surface area contributed by atoms with Crippen molar-refractivity contribution in [2.24, 2.45) is 0 Å². The zero-order valence-corrected chi connectivity index (χ0v) is 12.3. The number of amides is 2. The summed E-state index contributed by atoms with van der Waals surface area (Å²) < 4.78 is 11.0. The van der Waals surface area contributed by atoms with Crippen LogP contribution in [0.3, 0.4) is 0 Å². The van der Waals surface area contributed by atoms with E-state index in [0.29, 0.717) is 25.4 Å². The molecule has 1 aromatic heterocycles. The number of ether oxygens (including phenoxy) is 2. The number of pyridine rings is 1. The smallest absolute Gasteiger partial charge is 0.321 e. The molecule has 22 heavy (non-hydrogen) atoms. The molecule has 0 saturated heterocycles. The maximum atomic E-state index is 12.1. The van der Waals surface area contributed by atoms with E-state index >= 15 is 0 Å². The largest absolute Gasteiger partial charge is 0.486 e. The Morgan fingerprint density at radius 1 is 1.27 bits per heavy atom. The third kappa shape index (κ3) is 3.28. The molecule has 1 aliphatic rings. The summed E-state index contributed by atoms with van der Waals surface area (Å²) in [6, 6.07) is 9.09. The molecular formula is C16H17N3O3. The van der Waals surface area contributed by atoms with Crippen LogP contribution in [0.15, 0.2) is 42.7 Å². The SMILES string of the molecule is CN(Cc1ccc2c(c1)OCCO2)C(=O)Nc1cccnc1. The van der Waals surface area contributed by atoms with Crippen molar-refractivity contribution in [3.63, 3.8) is 0 Å². The normalized spacial score (nSPS) is 12.6. The van der Waals surface area contributed by atoms with Crippen LogP contribution in [-0.4, -0.2) is 36.2 Å². The molecule has 0 spiro atoms. The van der Waals surface area contributed by atoms with E-state index in [1.54, 1.807) is 36.5 Å². The summed E-state index contributed by atoms with van der Waals surface area (Å²) in [4.78, 5) is 17.7. The molecule has 6 heteroatoms. The molecule has 0 unspecified atom stereocenters. The number of hydrogen-bond donors (Lipinski definition) is 1. The Morgan fingerprint density at radius 3 is 2.86 bits per heavy atom. The van der Waals surface area contributed by atoms with Crippen molar-refractivity contribution in [3.05, 3.63) is 48.3 Å². The lowest BCUT2D eigenvalue weighted by atomic mass is 10.2. The molecule has 0 aliphatic carbocycles. The van der Waals surface area contributed by atoms with E-state index in [-0.39, 0.29) is 6.03 Å². The number of fused-ring (bicyclic) bond motifs is 1. The van der Waals surface area contributed by atoms with Crippen molar-refractivity contribution in [1.82, 2.24) is 9.88 Å². The first-order valence-corrected chi connectivity index (χ1v) is 7.03. The molecule has 0 fully saturated rings. The average Bonchev–Trinajstić information content (AvgIpc) is 2.55. The summed E-state index contributed by atoms with van der Waals surface area (Å²) >= 11 is 0. The van der Waals surface area contributed by atoms with Crippen LogP contribution in [0.4, 0.5) is 10.5 Å². The van der Waals surface area contributed by atoms with Crippen LogP contribution in [0.2, 0.25) is 0 Å². The second kappa shape index (κ2) is 6.34. The van der Waals surface area contributed by atoms with Crippen LogP contribution in [-0.2, 0) is 6.54 Å². The molecule has 2 amide bonds. The second-order valence-corrected chi connectivity index (χ2v) is 5.01. The lowest BCUT2D eigenvalue weighted by Crippen LogP contribution is -2.30. The van der Waals surface area contributed by atoms with E-state index in [1.165, 1.54) is 0 Å². The Balaban J connectivity index is 1.63. The molecule has 0 bridgehead atoms. The average molecular weight is 299 g/mol. The summed E-state index contributed by atoms with van der Waals surface area (Å²) in [5.41, 5.74) is 1.65. The monoisotopic (exact) mass is 299 g/mol. The number of nitrogens with one attached hydrogen (secondary N) is 1. The summed E-state index contributed by atoms with van der Waals surface area (Å²) in [5, 5.41) is 2.79. The number of benzene rings is 1. The molecule has 3 rings (SSSR count). The molecule has 0 radical (unpaired) electrons.